The topological polar surface area (TPSA) is 104 Å². The van der Waals surface area contributed by atoms with Crippen molar-refractivity contribution in [3.63, 3.8) is 0 Å². The van der Waals surface area contributed by atoms with Gasteiger partial charge in [0.2, 0.25) is 5.91 Å². The highest BCUT2D eigenvalue weighted by molar-refractivity contribution is 5.94. The van der Waals surface area contributed by atoms with E-state index in [1.54, 1.807) is 0 Å². The third kappa shape index (κ3) is 2.79. The van der Waals surface area contributed by atoms with Gasteiger partial charge in [0.15, 0.2) is 0 Å². The zero-order chi connectivity index (χ0) is 14.8. The third-order valence-corrected chi connectivity index (χ3v) is 3.49. The molecule has 1 fully saturated rings. The third-order valence-electron chi connectivity index (χ3n) is 3.49. The monoisotopic (exact) mass is 277 g/mol. The average Bonchev–Trinajstić information content (AvgIpc) is 3.19. The lowest BCUT2D eigenvalue weighted by Gasteiger charge is -2.19. The van der Waals surface area contributed by atoms with Crippen molar-refractivity contribution in [2.75, 3.05) is 0 Å². The van der Waals surface area contributed by atoms with E-state index < -0.39 is 35.7 Å². The van der Waals surface area contributed by atoms with E-state index >= 15 is 0 Å². The molecule has 0 heterocycles. The number of aliphatic carboxylic acids is 2. The second-order valence-corrected chi connectivity index (χ2v) is 4.91. The molecule has 106 valence electrons. The molecular weight excluding hydrogens is 262 g/mol. The maximum Gasteiger partial charge on any atom is 0.326 e. The fraction of sp³-hybridized carbons (Fsp3) is 0.357. The Labute approximate surface area is 115 Å². The summed E-state index contributed by atoms with van der Waals surface area (Å²) in [7, 11) is 0. The molecule has 0 aliphatic heterocycles. The van der Waals surface area contributed by atoms with E-state index in [4.69, 9.17) is 10.2 Å². The van der Waals surface area contributed by atoms with E-state index in [2.05, 4.69) is 5.32 Å². The molecule has 0 radical (unpaired) electrons. The standard InChI is InChI=1S/C14H15NO5/c16-11(17)8-10(12(18)19)15-13(20)14(6-7-14)9-4-2-1-3-5-9/h1-5,10H,6-8H2,(H,15,20)(H,16,17)(H,18,19)/t10-/m0/s1. The van der Waals surface area contributed by atoms with Crippen molar-refractivity contribution in [1.29, 1.82) is 0 Å². The van der Waals surface area contributed by atoms with Gasteiger partial charge in [0.25, 0.3) is 0 Å². The van der Waals surface area contributed by atoms with Crippen molar-refractivity contribution in [3.05, 3.63) is 35.9 Å². The molecule has 0 bridgehead atoms. The molecule has 6 heteroatoms. The van der Waals surface area contributed by atoms with Crippen molar-refractivity contribution >= 4 is 17.8 Å². The van der Waals surface area contributed by atoms with E-state index in [0.717, 1.165) is 5.56 Å². The number of benzene rings is 1. The maximum atomic E-state index is 12.3. The second kappa shape index (κ2) is 5.32. The highest BCUT2D eigenvalue weighted by atomic mass is 16.4. The van der Waals surface area contributed by atoms with Crippen LogP contribution in [-0.4, -0.2) is 34.1 Å². The van der Waals surface area contributed by atoms with Crippen molar-refractivity contribution in [3.8, 4) is 0 Å². The zero-order valence-electron chi connectivity index (χ0n) is 10.7. The number of nitrogens with one attached hydrogen (secondary N) is 1. The quantitative estimate of drug-likeness (QED) is 0.712. The van der Waals surface area contributed by atoms with Gasteiger partial charge in [0.1, 0.15) is 6.04 Å². The van der Waals surface area contributed by atoms with Crippen LogP contribution in [0.15, 0.2) is 30.3 Å². The minimum Gasteiger partial charge on any atom is -0.481 e. The molecule has 0 unspecified atom stereocenters. The minimum absolute atomic E-state index is 0.419. The van der Waals surface area contributed by atoms with Gasteiger partial charge in [-0.05, 0) is 18.4 Å². The van der Waals surface area contributed by atoms with Crippen molar-refractivity contribution in [2.24, 2.45) is 0 Å². The van der Waals surface area contributed by atoms with Crippen LogP contribution in [0.2, 0.25) is 0 Å². The first-order chi connectivity index (χ1) is 9.45. The van der Waals surface area contributed by atoms with Gasteiger partial charge in [0.05, 0.1) is 11.8 Å². The molecule has 1 aliphatic carbocycles. The molecule has 3 N–H and O–H groups in total. The Morgan fingerprint density at radius 2 is 1.75 bits per heavy atom. The zero-order valence-corrected chi connectivity index (χ0v) is 10.7. The van der Waals surface area contributed by atoms with Crippen LogP contribution < -0.4 is 5.32 Å². The predicted octanol–water partition coefficient (Wildman–Crippen LogP) is 0.762. The second-order valence-electron chi connectivity index (χ2n) is 4.91. The Balaban J connectivity index is 2.11. The number of carboxylic acids is 2. The van der Waals surface area contributed by atoms with E-state index in [9.17, 15) is 14.4 Å². The van der Waals surface area contributed by atoms with Crippen LogP contribution in [0.1, 0.15) is 24.8 Å². The molecule has 20 heavy (non-hydrogen) atoms. The average molecular weight is 277 g/mol. The van der Waals surface area contributed by atoms with Crippen molar-refractivity contribution in [1.82, 2.24) is 5.32 Å². The van der Waals surface area contributed by atoms with Crippen molar-refractivity contribution < 1.29 is 24.6 Å². The van der Waals surface area contributed by atoms with Crippen LogP contribution in [0, 0.1) is 0 Å². The van der Waals surface area contributed by atoms with Gasteiger partial charge in [-0.25, -0.2) is 4.79 Å². The molecule has 1 atom stereocenters. The molecule has 0 saturated heterocycles. The Hall–Kier alpha value is -2.37. The van der Waals surface area contributed by atoms with Crippen LogP contribution in [0.3, 0.4) is 0 Å². The number of amides is 1. The van der Waals surface area contributed by atoms with E-state index in [1.807, 2.05) is 30.3 Å². The molecule has 1 saturated carbocycles. The minimum atomic E-state index is -1.40. The molecular formula is C14H15NO5. The summed E-state index contributed by atoms with van der Waals surface area (Å²) in [4.78, 5) is 33.8. The number of hydrogen-bond donors (Lipinski definition) is 3. The van der Waals surface area contributed by atoms with Gasteiger partial charge in [-0.3, -0.25) is 9.59 Å². The summed E-state index contributed by atoms with van der Waals surface area (Å²) in [5.74, 6) is -3.02. The van der Waals surface area contributed by atoms with Gasteiger partial charge in [-0.1, -0.05) is 30.3 Å². The molecule has 1 aromatic carbocycles. The Morgan fingerprint density at radius 3 is 2.20 bits per heavy atom. The number of hydrogen-bond acceptors (Lipinski definition) is 3. The van der Waals surface area contributed by atoms with Gasteiger partial charge < -0.3 is 15.5 Å². The van der Waals surface area contributed by atoms with Gasteiger partial charge >= 0.3 is 11.9 Å². The Bertz CT molecular complexity index is 536. The van der Waals surface area contributed by atoms with Gasteiger partial charge in [-0.15, -0.1) is 0 Å². The Kier molecular flexibility index (Phi) is 3.74. The lowest BCUT2D eigenvalue weighted by molar-refractivity contribution is -0.147. The first-order valence-electron chi connectivity index (χ1n) is 6.27. The normalized spacial score (nSPS) is 17.0. The lowest BCUT2D eigenvalue weighted by atomic mass is 9.94. The van der Waals surface area contributed by atoms with Crippen LogP contribution in [0.5, 0.6) is 0 Å². The number of rotatable bonds is 6. The molecule has 1 aromatic rings. The predicted molar refractivity (Wildman–Crippen MR) is 69.2 cm³/mol. The maximum absolute atomic E-state index is 12.3. The first kappa shape index (κ1) is 14.0. The largest absolute Gasteiger partial charge is 0.481 e. The molecule has 2 rings (SSSR count). The molecule has 6 nitrogen and oxygen atoms in total. The van der Waals surface area contributed by atoms with Gasteiger partial charge in [-0.2, -0.15) is 0 Å². The number of carbonyl (C=O) groups excluding carboxylic acids is 1. The number of carbonyl (C=O) groups is 3. The smallest absolute Gasteiger partial charge is 0.326 e. The Morgan fingerprint density at radius 1 is 1.15 bits per heavy atom. The highest BCUT2D eigenvalue weighted by Gasteiger charge is 2.51. The molecule has 1 amide bonds. The summed E-state index contributed by atoms with van der Waals surface area (Å²) in [5.41, 5.74) is 0.130. The SMILES string of the molecule is O=C(O)C[C@H](NC(=O)C1(c2ccccc2)CC1)C(=O)O. The fourth-order valence-electron chi connectivity index (χ4n) is 2.20. The highest BCUT2D eigenvalue weighted by Crippen LogP contribution is 2.48. The summed E-state index contributed by atoms with van der Waals surface area (Å²) in [5, 5.41) is 19.9. The van der Waals surface area contributed by atoms with E-state index in [1.165, 1.54) is 0 Å². The number of carboxylic acid groups (broad SMARTS) is 2. The fourth-order valence-corrected chi connectivity index (χ4v) is 2.20. The van der Waals surface area contributed by atoms with Gasteiger partial charge in [0, 0.05) is 0 Å². The van der Waals surface area contributed by atoms with Crippen LogP contribution in [0.4, 0.5) is 0 Å². The molecule has 1 aliphatic rings. The lowest BCUT2D eigenvalue weighted by Crippen LogP contribution is -2.46. The molecule has 0 aromatic heterocycles. The van der Waals surface area contributed by atoms with Crippen LogP contribution >= 0.6 is 0 Å². The first-order valence-corrected chi connectivity index (χ1v) is 6.27. The van der Waals surface area contributed by atoms with Crippen LogP contribution in [0.25, 0.3) is 0 Å². The summed E-state index contributed by atoms with van der Waals surface area (Å²) in [6.45, 7) is 0. The van der Waals surface area contributed by atoms with Crippen LogP contribution in [-0.2, 0) is 19.8 Å². The summed E-state index contributed by atoms with van der Waals surface area (Å²) in [6.07, 6.45) is 0.649. The summed E-state index contributed by atoms with van der Waals surface area (Å²) in [6, 6.07) is 7.70. The molecule has 0 spiro atoms. The van der Waals surface area contributed by atoms with E-state index in [0.29, 0.717) is 12.8 Å². The summed E-state index contributed by atoms with van der Waals surface area (Å²) >= 11 is 0. The van der Waals surface area contributed by atoms with E-state index in [-0.39, 0.29) is 0 Å². The summed E-state index contributed by atoms with van der Waals surface area (Å²) < 4.78 is 0. The van der Waals surface area contributed by atoms with Crippen molar-refractivity contribution in [2.45, 2.75) is 30.7 Å².